The summed E-state index contributed by atoms with van der Waals surface area (Å²) in [4.78, 5) is 34.5. The van der Waals surface area contributed by atoms with Crippen LogP contribution in [-0.2, 0) is 0 Å². The molecule has 3 heterocycles. The molecule has 0 bridgehead atoms. The SMILES string of the molecule is C=CCOc1ccc([C@@H]2c3c(oc4ccc(C)cc4c3=O)C(=O)N2c2nc(C)c(C)s2)cc1. The second-order valence-electron chi connectivity index (χ2n) is 8.06. The van der Waals surface area contributed by atoms with E-state index in [0.29, 0.717) is 34.0 Å². The van der Waals surface area contributed by atoms with Gasteiger partial charge in [0.2, 0.25) is 5.76 Å². The van der Waals surface area contributed by atoms with Crippen molar-refractivity contribution in [1.82, 2.24) is 4.98 Å². The van der Waals surface area contributed by atoms with E-state index in [2.05, 4.69) is 11.6 Å². The summed E-state index contributed by atoms with van der Waals surface area (Å²) in [5.74, 6) is 0.381. The second-order valence-corrected chi connectivity index (χ2v) is 9.24. The Bertz CT molecular complexity index is 1450. The third-order valence-corrected chi connectivity index (χ3v) is 6.88. The maximum absolute atomic E-state index is 13.7. The van der Waals surface area contributed by atoms with Crippen LogP contribution in [0.4, 0.5) is 5.13 Å². The van der Waals surface area contributed by atoms with Crippen molar-refractivity contribution in [3.8, 4) is 5.75 Å². The molecule has 7 heteroatoms. The molecule has 2 aromatic carbocycles. The fourth-order valence-corrected chi connectivity index (χ4v) is 5.00. The number of rotatable bonds is 5. The number of hydrogen-bond acceptors (Lipinski definition) is 6. The van der Waals surface area contributed by atoms with Gasteiger partial charge < -0.3 is 9.15 Å². The minimum Gasteiger partial charge on any atom is -0.490 e. The molecule has 0 radical (unpaired) electrons. The van der Waals surface area contributed by atoms with Gasteiger partial charge in [-0.2, -0.15) is 0 Å². The van der Waals surface area contributed by atoms with Crippen LogP contribution in [0.5, 0.6) is 5.75 Å². The highest BCUT2D eigenvalue weighted by Crippen LogP contribution is 2.43. The Kier molecular flexibility index (Phi) is 5.13. The van der Waals surface area contributed by atoms with Crippen LogP contribution in [0.3, 0.4) is 0 Å². The molecule has 4 aromatic rings. The number of thiazole rings is 1. The van der Waals surface area contributed by atoms with E-state index in [-0.39, 0.29) is 17.1 Å². The van der Waals surface area contributed by atoms with E-state index in [0.717, 1.165) is 21.7 Å². The first-order chi connectivity index (χ1) is 15.9. The van der Waals surface area contributed by atoms with Gasteiger partial charge in [0, 0.05) is 4.88 Å². The van der Waals surface area contributed by atoms with Crippen molar-refractivity contribution in [1.29, 1.82) is 0 Å². The minimum absolute atomic E-state index is 0.0684. The van der Waals surface area contributed by atoms with Gasteiger partial charge in [0.1, 0.15) is 17.9 Å². The van der Waals surface area contributed by atoms with Crippen molar-refractivity contribution in [3.63, 3.8) is 0 Å². The summed E-state index contributed by atoms with van der Waals surface area (Å²) in [6.45, 7) is 9.85. The molecule has 6 nitrogen and oxygen atoms in total. The molecule has 1 amide bonds. The van der Waals surface area contributed by atoms with Crippen LogP contribution in [-0.4, -0.2) is 17.5 Å². The maximum Gasteiger partial charge on any atom is 0.297 e. The normalized spacial score (nSPS) is 15.2. The summed E-state index contributed by atoms with van der Waals surface area (Å²) in [6, 6.07) is 12.1. The van der Waals surface area contributed by atoms with E-state index in [4.69, 9.17) is 9.15 Å². The number of aryl methyl sites for hydroxylation is 3. The first-order valence-electron chi connectivity index (χ1n) is 10.6. The van der Waals surface area contributed by atoms with Gasteiger partial charge in [-0.3, -0.25) is 14.5 Å². The molecule has 0 saturated heterocycles. The van der Waals surface area contributed by atoms with Gasteiger partial charge in [-0.1, -0.05) is 36.4 Å². The summed E-state index contributed by atoms with van der Waals surface area (Å²) in [5, 5.41) is 1.00. The smallest absolute Gasteiger partial charge is 0.297 e. The third-order valence-electron chi connectivity index (χ3n) is 5.81. The van der Waals surface area contributed by atoms with E-state index in [1.54, 1.807) is 23.1 Å². The molecule has 0 N–H and O–H groups in total. The number of ether oxygens (including phenoxy) is 1. The van der Waals surface area contributed by atoms with Crippen LogP contribution in [0.25, 0.3) is 11.0 Å². The zero-order chi connectivity index (χ0) is 23.3. The van der Waals surface area contributed by atoms with Crippen LogP contribution in [0.1, 0.15) is 43.9 Å². The minimum atomic E-state index is -0.646. The standard InChI is InChI=1S/C26H22N2O4S/c1-5-12-31-18-9-7-17(8-10-18)22-21-23(29)19-13-14(2)6-11-20(19)32-24(21)25(30)28(22)26-27-15(3)16(4)33-26/h5-11,13,22H,1,12H2,2-4H3/t22-/m1/s1. The average molecular weight is 459 g/mol. The Morgan fingerprint density at radius 3 is 2.58 bits per heavy atom. The van der Waals surface area contributed by atoms with Gasteiger partial charge in [0.05, 0.1) is 22.7 Å². The number of aromatic nitrogens is 1. The maximum atomic E-state index is 13.7. The molecule has 1 aliphatic heterocycles. The van der Waals surface area contributed by atoms with Crippen molar-refractivity contribution >= 4 is 33.3 Å². The molecule has 0 fully saturated rings. The fourth-order valence-electron chi connectivity index (χ4n) is 4.06. The van der Waals surface area contributed by atoms with Crippen LogP contribution < -0.4 is 15.1 Å². The second kappa shape index (κ2) is 8.01. The van der Waals surface area contributed by atoms with E-state index in [1.165, 1.54) is 11.3 Å². The number of hydrogen-bond donors (Lipinski definition) is 0. The van der Waals surface area contributed by atoms with Gasteiger partial charge in [0.15, 0.2) is 10.6 Å². The average Bonchev–Trinajstić information content (AvgIpc) is 3.29. The molecule has 0 unspecified atom stereocenters. The Labute approximate surface area is 194 Å². The molecule has 0 spiro atoms. The number of carbonyl (C=O) groups is 1. The summed E-state index contributed by atoms with van der Waals surface area (Å²) < 4.78 is 11.6. The fraction of sp³-hybridized carbons (Fsp3) is 0.192. The zero-order valence-electron chi connectivity index (χ0n) is 18.5. The molecule has 33 heavy (non-hydrogen) atoms. The molecule has 1 aliphatic rings. The van der Waals surface area contributed by atoms with Gasteiger partial charge in [-0.15, -0.1) is 11.3 Å². The van der Waals surface area contributed by atoms with Gasteiger partial charge in [0.25, 0.3) is 5.91 Å². The van der Waals surface area contributed by atoms with Crippen molar-refractivity contribution in [2.75, 3.05) is 11.5 Å². The number of anilines is 1. The van der Waals surface area contributed by atoms with E-state index >= 15 is 0 Å². The Balaban J connectivity index is 1.73. The quantitative estimate of drug-likeness (QED) is 0.370. The Morgan fingerprint density at radius 2 is 1.91 bits per heavy atom. The lowest BCUT2D eigenvalue weighted by Crippen LogP contribution is -2.29. The van der Waals surface area contributed by atoms with E-state index < -0.39 is 6.04 Å². The van der Waals surface area contributed by atoms with Crippen molar-refractivity contribution in [2.45, 2.75) is 26.8 Å². The molecular formula is C26H22N2O4S. The highest BCUT2D eigenvalue weighted by atomic mass is 32.1. The van der Waals surface area contributed by atoms with E-state index in [9.17, 15) is 9.59 Å². The molecule has 0 aliphatic carbocycles. The van der Waals surface area contributed by atoms with Crippen LogP contribution in [0.2, 0.25) is 0 Å². The summed E-state index contributed by atoms with van der Waals surface area (Å²) >= 11 is 1.43. The van der Waals surface area contributed by atoms with Crippen molar-refractivity contribution < 1.29 is 13.9 Å². The molecule has 0 saturated carbocycles. The van der Waals surface area contributed by atoms with Crippen molar-refractivity contribution in [3.05, 3.63) is 98.4 Å². The predicted octanol–water partition coefficient (Wildman–Crippen LogP) is 5.49. The Hall–Kier alpha value is -3.71. The number of carbonyl (C=O) groups excluding carboxylic acids is 1. The molecule has 1 atom stereocenters. The van der Waals surface area contributed by atoms with Crippen molar-refractivity contribution in [2.24, 2.45) is 0 Å². The van der Waals surface area contributed by atoms with Gasteiger partial charge in [-0.05, 0) is 50.6 Å². The number of benzene rings is 2. The third kappa shape index (κ3) is 3.45. The summed E-state index contributed by atoms with van der Waals surface area (Å²) in [5.41, 5.74) is 3.11. The monoisotopic (exact) mass is 458 g/mol. The largest absolute Gasteiger partial charge is 0.490 e. The first kappa shape index (κ1) is 21.2. The molecule has 2 aromatic heterocycles. The lowest BCUT2D eigenvalue weighted by atomic mass is 9.98. The lowest BCUT2D eigenvalue weighted by Gasteiger charge is -2.22. The first-order valence-corrected chi connectivity index (χ1v) is 11.4. The van der Waals surface area contributed by atoms with Gasteiger partial charge in [-0.25, -0.2) is 4.98 Å². The Morgan fingerprint density at radius 1 is 1.15 bits per heavy atom. The lowest BCUT2D eigenvalue weighted by molar-refractivity contribution is 0.0971. The van der Waals surface area contributed by atoms with Gasteiger partial charge >= 0.3 is 0 Å². The summed E-state index contributed by atoms with van der Waals surface area (Å²) in [6.07, 6.45) is 1.67. The van der Waals surface area contributed by atoms with Crippen LogP contribution >= 0.6 is 11.3 Å². The number of fused-ring (bicyclic) bond motifs is 2. The molecule has 5 rings (SSSR count). The number of amides is 1. The van der Waals surface area contributed by atoms with Crippen LogP contribution in [0.15, 0.2) is 64.3 Å². The number of nitrogens with zero attached hydrogens (tertiary/aromatic N) is 2. The highest BCUT2D eigenvalue weighted by molar-refractivity contribution is 7.15. The topological polar surface area (TPSA) is 72.6 Å². The van der Waals surface area contributed by atoms with E-state index in [1.807, 2.05) is 51.1 Å². The zero-order valence-corrected chi connectivity index (χ0v) is 19.4. The van der Waals surface area contributed by atoms with Crippen LogP contribution in [0, 0.1) is 20.8 Å². The highest BCUT2D eigenvalue weighted by Gasteiger charge is 2.45. The molecular weight excluding hydrogens is 436 g/mol. The summed E-state index contributed by atoms with van der Waals surface area (Å²) in [7, 11) is 0. The predicted molar refractivity (Wildman–Crippen MR) is 130 cm³/mol. The molecule has 166 valence electrons.